The van der Waals surface area contributed by atoms with Crippen molar-refractivity contribution in [2.24, 2.45) is 5.92 Å². The molecular weight excluding hydrogens is 484 g/mol. The van der Waals surface area contributed by atoms with Gasteiger partial charge in [-0.1, -0.05) is 42.9 Å². The van der Waals surface area contributed by atoms with Crippen molar-refractivity contribution in [3.63, 3.8) is 0 Å². The van der Waals surface area contributed by atoms with Gasteiger partial charge in [-0.25, -0.2) is 9.97 Å². The van der Waals surface area contributed by atoms with Crippen LogP contribution in [0.3, 0.4) is 0 Å². The van der Waals surface area contributed by atoms with Crippen molar-refractivity contribution < 1.29 is 28.2 Å². The highest BCUT2D eigenvalue weighted by molar-refractivity contribution is 5.44. The van der Waals surface area contributed by atoms with Gasteiger partial charge in [-0.05, 0) is 52.9 Å². The molecule has 0 radical (unpaired) electrons. The van der Waals surface area contributed by atoms with Crippen molar-refractivity contribution in [2.45, 2.75) is 97.2 Å². The summed E-state index contributed by atoms with van der Waals surface area (Å²) >= 11 is 0. The number of methoxy groups -OCH3 is 1. The topological polar surface area (TPSA) is 100.0 Å². The highest BCUT2D eigenvalue weighted by Gasteiger charge is 2.39. The van der Waals surface area contributed by atoms with E-state index in [0.29, 0.717) is 61.4 Å². The molecular formula is C30H44N2O6. The minimum Gasteiger partial charge on any atom is -0.448 e. The zero-order valence-corrected chi connectivity index (χ0v) is 23.7. The van der Waals surface area contributed by atoms with Gasteiger partial charge < -0.3 is 28.2 Å². The van der Waals surface area contributed by atoms with E-state index in [-0.39, 0.29) is 12.2 Å². The Bertz CT molecular complexity index is 1070. The largest absolute Gasteiger partial charge is 0.448 e. The monoisotopic (exact) mass is 528 g/mol. The lowest BCUT2D eigenvalue weighted by Gasteiger charge is -2.41. The second-order valence-electron chi connectivity index (χ2n) is 10.2. The molecule has 5 unspecified atom stereocenters. The molecule has 0 amide bonds. The number of rotatable bonds is 14. The van der Waals surface area contributed by atoms with Gasteiger partial charge in [0.1, 0.15) is 24.3 Å². The zero-order valence-electron chi connectivity index (χ0n) is 23.7. The fourth-order valence-electron chi connectivity index (χ4n) is 4.93. The van der Waals surface area contributed by atoms with Crippen LogP contribution < -0.4 is 0 Å². The molecule has 1 N–H and O–H groups in total. The first-order valence-electron chi connectivity index (χ1n) is 13.6. The van der Waals surface area contributed by atoms with Gasteiger partial charge in [0, 0.05) is 33.0 Å². The average molecular weight is 529 g/mol. The van der Waals surface area contributed by atoms with Crippen LogP contribution in [-0.2, 0) is 20.6 Å². The second kappa shape index (κ2) is 14.6. The molecule has 1 fully saturated rings. The van der Waals surface area contributed by atoms with E-state index in [2.05, 4.69) is 54.2 Å². The van der Waals surface area contributed by atoms with Gasteiger partial charge in [0.15, 0.2) is 17.4 Å². The maximum Gasteiger partial charge on any atom is 0.248 e. The number of aliphatic hydroxyl groups excluding tert-OH is 1. The molecule has 0 saturated carbocycles. The number of ether oxygens (including phenoxy) is 3. The third-order valence-electron chi connectivity index (χ3n) is 6.57. The average Bonchev–Trinajstić information content (AvgIpc) is 3.52. The maximum absolute atomic E-state index is 10.4. The molecule has 1 saturated heterocycles. The van der Waals surface area contributed by atoms with Crippen LogP contribution in [-0.4, -0.2) is 46.8 Å². The van der Waals surface area contributed by atoms with Crippen LogP contribution in [0.15, 0.2) is 57.3 Å². The van der Waals surface area contributed by atoms with E-state index in [9.17, 15) is 5.11 Å². The summed E-state index contributed by atoms with van der Waals surface area (Å²) in [5.74, 6) is 0.671. The van der Waals surface area contributed by atoms with Crippen molar-refractivity contribution in [3.05, 3.63) is 60.1 Å². The van der Waals surface area contributed by atoms with Crippen LogP contribution in [0.25, 0.3) is 11.6 Å². The number of oxazole rings is 2. The zero-order chi connectivity index (χ0) is 27.5. The maximum atomic E-state index is 10.4. The molecule has 2 aromatic rings. The highest BCUT2D eigenvalue weighted by Crippen LogP contribution is 2.35. The predicted octanol–water partition coefficient (Wildman–Crippen LogP) is 6.74. The highest BCUT2D eigenvalue weighted by atomic mass is 16.7. The van der Waals surface area contributed by atoms with E-state index < -0.39 is 11.9 Å². The van der Waals surface area contributed by atoms with Gasteiger partial charge in [0.05, 0.1) is 12.2 Å². The third kappa shape index (κ3) is 9.05. The van der Waals surface area contributed by atoms with Crippen LogP contribution in [0, 0.1) is 5.92 Å². The Morgan fingerprint density at radius 1 is 1.26 bits per heavy atom. The molecule has 5 atom stereocenters. The Morgan fingerprint density at radius 3 is 2.82 bits per heavy atom. The number of allylic oxidation sites excluding steroid dienone is 6. The fraction of sp³-hybridized carbons (Fsp3) is 0.600. The number of nitrogens with zero attached hydrogens (tertiary/aromatic N) is 2. The number of hydrogen-bond acceptors (Lipinski definition) is 8. The van der Waals surface area contributed by atoms with Gasteiger partial charge in [0.25, 0.3) is 0 Å². The summed E-state index contributed by atoms with van der Waals surface area (Å²) in [6, 6.07) is 0. The molecule has 3 heterocycles. The van der Waals surface area contributed by atoms with E-state index >= 15 is 0 Å². The minimum absolute atomic E-state index is 0.233. The number of aromatic nitrogens is 2. The van der Waals surface area contributed by atoms with Crippen LogP contribution in [0.1, 0.15) is 84.4 Å². The third-order valence-corrected chi connectivity index (χ3v) is 6.57. The summed E-state index contributed by atoms with van der Waals surface area (Å²) in [4.78, 5) is 9.15. The standard InChI is InChI=1S/C30H44N2O6/c1-7-12-21(3)15-22(4)13-10-9-11-14-28-31-26(20-35-28)29-32-25(19-36-29)27(34-6)17-24-16-23(33)18-30(5,38-24)37-8-2/h7,9-10,12,15,19-21,23-24,27,33H,8,11,13-14,16-18H2,1-6H3. The van der Waals surface area contributed by atoms with Crippen molar-refractivity contribution in [1.29, 1.82) is 0 Å². The lowest BCUT2D eigenvalue weighted by Crippen LogP contribution is -2.46. The molecule has 2 aromatic heterocycles. The Balaban J connectivity index is 1.53. The Hall–Kier alpha value is -2.52. The Morgan fingerprint density at radius 2 is 2.08 bits per heavy atom. The van der Waals surface area contributed by atoms with Gasteiger partial charge in [0.2, 0.25) is 5.89 Å². The molecule has 210 valence electrons. The smallest absolute Gasteiger partial charge is 0.248 e. The van der Waals surface area contributed by atoms with E-state index in [0.717, 1.165) is 12.8 Å². The van der Waals surface area contributed by atoms with Gasteiger partial charge in [-0.15, -0.1) is 0 Å². The summed E-state index contributed by atoms with van der Waals surface area (Å²) in [6.07, 6.45) is 16.9. The SMILES string of the molecule is CC=CC(C)C=C(C)CC=CCCc1nc(-c2nc(C(CC3CC(O)CC(C)(OCC)O3)OC)co2)co1. The molecule has 1 aliphatic heterocycles. The molecule has 3 rings (SSSR count). The van der Waals surface area contributed by atoms with Crippen LogP contribution >= 0.6 is 0 Å². The quantitative estimate of drug-likeness (QED) is 0.269. The Kier molecular flexibility index (Phi) is 11.5. The summed E-state index contributed by atoms with van der Waals surface area (Å²) in [5, 5.41) is 10.4. The number of aryl methyl sites for hydroxylation is 1. The molecule has 0 spiro atoms. The molecule has 0 aliphatic carbocycles. The van der Waals surface area contributed by atoms with E-state index in [4.69, 9.17) is 23.0 Å². The molecule has 38 heavy (non-hydrogen) atoms. The fourth-order valence-corrected chi connectivity index (χ4v) is 4.93. The number of aliphatic hydroxyl groups is 1. The van der Waals surface area contributed by atoms with E-state index in [1.807, 2.05) is 20.8 Å². The molecule has 8 nitrogen and oxygen atoms in total. The molecule has 0 aromatic carbocycles. The van der Waals surface area contributed by atoms with Crippen molar-refractivity contribution in [1.82, 2.24) is 9.97 Å². The van der Waals surface area contributed by atoms with Crippen molar-refractivity contribution >= 4 is 0 Å². The molecule has 8 heteroatoms. The number of hydrogen-bond donors (Lipinski definition) is 1. The molecule has 0 bridgehead atoms. The van der Waals surface area contributed by atoms with Gasteiger partial charge in [-0.2, -0.15) is 0 Å². The summed E-state index contributed by atoms with van der Waals surface area (Å²) in [6.45, 7) is 10.7. The lowest BCUT2D eigenvalue weighted by molar-refractivity contribution is -0.287. The molecule has 1 aliphatic rings. The summed E-state index contributed by atoms with van der Waals surface area (Å²) in [5.41, 5.74) is 2.55. The lowest BCUT2D eigenvalue weighted by atomic mass is 9.95. The van der Waals surface area contributed by atoms with Crippen molar-refractivity contribution in [2.75, 3.05) is 13.7 Å². The minimum atomic E-state index is -0.809. The summed E-state index contributed by atoms with van der Waals surface area (Å²) < 4.78 is 29.0. The van der Waals surface area contributed by atoms with Crippen LogP contribution in [0.5, 0.6) is 0 Å². The van der Waals surface area contributed by atoms with Gasteiger partial charge in [-0.3, -0.25) is 0 Å². The van der Waals surface area contributed by atoms with E-state index in [1.165, 1.54) is 5.57 Å². The van der Waals surface area contributed by atoms with Crippen molar-refractivity contribution in [3.8, 4) is 11.6 Å². The van der Waals surface area contributed by atoms with Gasteiger partial charge >= 0.3 is 0 Å². The predicted molar refractivity (Wildman–Crippen MR) is 146 cm³/mol. The second-order valence-corrected chi connectivity index (χ2v) is 10.2. The normalized spacial score (nSPS) is 24.4. The first kappa shape index (κ1) is 30.0. The summed E-state index contributed by atoms with van der Waals surface area (Å²) in [7, 11) is 1.63. The Labute approximate surface area is 226 Å². The van der Waals surface area contributed by atoms with Crippen LogP contribution in [0.2, 0.25) is 0 Å². The first-order chi connectivity index (χ1) is 18.2. The first-order valence-corrected chi connectivity index (χ1v) is 13.6. The van der Waals surface area contributed by atoms with E-state index in [1.54, 1.807) is 19.6 Å². The van der Waals surface area contributed by atoms with Crippen LogP contribution in [0.4, 0.5) is 0 Å².